The van der Waals surface area contributed by atoms with E-state index in [-0.39, 0.29) is 11.4 Å². The molecule has 2 aromatic rings. The van der Waals surface area contributed by atoms with Crippen LogP contribution < -0.4 is 5.32 Å². The number of hydrogen-bond acceptors (Lipinski definition) is 2. The van der Waals surface area contributed by atoms with E-state index in [1.165, 1.54) is 24.3 Å². The first-order valence-corrected chi connectivity index (χ1v) is 5.23. The van der Waals surface area contributed by atoms with E-state index in [1.807, 2.05) is 0 Å². The maximum atomic E-state index is 13.4. The molecule has 1 amide bonds. The Morgan fingerprint density at radius 1 is 1.00 bits per heavy atom. The largest absolute Gasteiger partial charge is 0.506 e. The molecule has 0 aromatic heterocycles. The summed E-state index contributed by atoms with van der Waals surface area (Å²) >= 11 is 0. The minimum Gasteiger partial charge on any atom is -0.506 e. The molecule has 0 saturated heterocycles. The molecule has 19 heavy (non-hydrogen) atoms. The second kappa shape index (κ2) is 5.01. The smallest absolute Gasteiger partial charge is 0.258 e. The minimum atomic E-state index is -1.72. The van der Waals surface area contributed by atoms with Gasteiger partial charge in [-0.05, 0) is 24.3 Å². The van der Waals surface area contributed by atoms with Gasteiger partial charge in [0.25, 0.3) is 5.91 Å². The van der Waals surface area contributed by atoms with Crippen LogP contribution in [0.4, 0.5) is 18.9 Å². The Morgan fingerprint density at radius 2 is 1.68 bits per heavy atom. The van der Waals surface area contributed by atoms with Crippen molar-refractivity contribution in [1.82, 2.24) is 0 Å². The molecule has 0 fully saturated rings. The number of carbonyl (C=O) groups is 1. The molecular formula is C13H8F3NO2. The number of nitrogens with one attached hydrogen (secondary N) is 1. The van der Waals surface area contributed by atoms with Crippen LogP contribution in [0.5, 0.6) is 5.75 Å². The molecule has 2 rings (SSSR count). The zero-order valence-electron chi connectivity index (χ0n) is 9.45. The average Bonchev–Trinajstić information content (AvgIpc) is 2.39. The topological polar surface area (TPSA) is 49.3 Å². The Kier molecular flexibility index (Phi) is 3.41. The fourth-order valence-electron chi connectivity index (χ4n) is 1.47. The third-order valence-electron chi connectivity index (χ3n) is 2.43. The maximum Gasteiger partial charge on any atom is 0.258 e. The third-order valence-corrected chi connectivity index (χ3v) is 2.43. The first-order valence-electron chi connectivity index (χ1n) is 5.23. The summed E-state index contributed by atoms with van der Waals surface area (Å²) in [6.07, 6.45) is 0. The lowest BCUT2D eigenvalue weighted by molar-refractivity contribution is 0.102. The molecule has 0 saturated carbocycles. The Morgan fingerprint density at radius 3 is 2.37 bits per heavy atom. The fourth-order valence-corrected chi connectivity index (χ4v) is 1.47. The highest BCUT2D eigenvalue weighted by Crippen LogP contribution is 2.23. The molecule has 0 bridgehead atoms. The Labute approximate surface area is 106 Å². The first-order chi connectivity index (χ1) is 9.00. The second-order valence-electron chi connectivity index (χ2n) is 3.69. The minimum absolute atomic E-state index is 0.0385. The van der Waals surface area contributed by atoms with Crippen LogP contribution in [0.2, 0.25) is 0 Å². The summed E-state index contributed by atoms with van der Waals surface area (Å²) in [5, 5.41) is 11.6. The summed E-state index contributed by atoms with van der Waals surface area (Å²) in [6, 6.07) is 7.24. The second-order valence-corrected chi connectivity index (χ2v) is 3.69. The van der Waals surface area contributed by atoms with Crippen molar-refractivity contribution < 1.29 is 23.1 Å². The molecule has 98 valence electrons. The molecule has 0 atom stereocenters. The van der Waals surface area contributed by atoms with Crippen LogP contribution >= 0.6 is 0 Å². The summed E-state index contributed by atoms with van der Waals surface area (Å²) in [5.41, 5.74) is -0.612. The monoisotopic (exact) mass is 267 g/mol. The summed E-state index contributed by atoms with van der Waals surface area (Å²) in [4.78, 5) is 11.7. The van der Waals surface area contributed by atoms with Gasteiger partial charge in [-0.1, -0.05) is 12.1 Å². The number of halogens is 3. The van der Waals surface area contributed by atoms with Crippen LogP contribution in [0.25, 0.3) is 0 Å². The number of anilines is 1. The summed E-state index contributed by atoms with van der Waals surface area (Å²) < 4.78 is 39.1. The van der Waals surface area contributed by atoms with Crippen molar-refractivity contribution in [3.8, 4) is 5.75 Å². The number of rotatable bonds is 2. The molecule has 0 aliphatic heterocycles. The molecule has 0 heterocycles. The maximum absolute atomic E-state index is 13.4. The van der Waals surface area contributed by atoms with Gasteiger partial charge in [-0.3, -0.25) is 4.79 Å². The van der Waals surface area contributed by atoms with E-state index in [0.29, 0.717) is 6.07 Å². The lowest BCUT2D eigenvalue weighted by Gasteiger charge is -2.08. The van der Waals surface area contributed by atoms with Gasteiger partial charge in [0.2, 0.25) is 0 Å². The van der Waals surface area contributed by atoms with E-state index >= 15 is 0 Å². The van der Waals surface area contributed by atoms with Crippen molar-refractivity contribution in [2.45, 2.75) is 0 Å². The zero-order valence-corrected chi connectivity index (χ0v) is 9.45. The van der Waals surface area contributed by atoms with Crippen molar-refractivity contribution in [2.24, 2.45) is 0 Å². The number of hydrogen-bond donors (Lipinski definition) is 2. The number of carbonyl (C=O) groups excluding carboxylic acids is 1. The molecule has 6 heteroatoms. The van der Waals surface area contributed by atoms with E-state index in [9.17, 15) is 23.1 Å². The summed E-state index contributed by atoms with van der Waals surface area (Å²) in [7, 11) is 0. The summed E-state index contributed by atoms with van der Waals surface area (Å²) in [6.45, 7) is 0. The van der Waals surface area contributed by atoms with Crippen molar-refractivity contribution in [2.75, 3.05) is 5.32 Å². The highest BCUT2D eigenvalue weighted by molar-refractivity contribution is 6.05. The van der Waals surface area contributed by atoms with Crippen LogP contribution in [-0.2, 0) is 0 Å². The lowest BCUT2D eigenvalue weighted by atomic mass is 10.1. The van der Waals surface area contributed by atoms with Crippen molar-refractivity contribution >= 4 is 11.6 Å². The normalized spacial score (nSPS) is 10.3. The van der Waals surface area contributed by atoms with Gasteiger partial charge in [0.15, 0.2) is 17.5 Å². The number of benzene rings is 2. The number of phenolic OH excluding ortho intramolecular Hbond substituents is 1. The molecule has 0 aliphatic rings. The predicted octanol–water partition coefficient (Wildman–Crippen LogP) is 3.06. The van der Waals surface area contributed by atoms with Crippen LogP contribution in [0, 0.1) is 17.5 Å². The van der Waals surface area contributed by atoms with Gasteiger partial charge in [-0.15, -0.1) is 0 Å². The van der Waals surface area contributed by atoms with E-state index in [4.69, 9.17) is 0 Å². The van der Waals surface area contributed by atoms with Gasteiger partial charge in [0.1, 0.15) is 5.75 Å². The number of amides is 1. The molecule has 0 radical (unpaired) electrons. The molecular weight excluding hydrogens is 259 g/mol. The molecule has 0 spiro atoms. The quantitative estimate of drug-likeness (QED) is 0.649. The highest BCUT2D eigenvalue weighted by Gasteiger charge is 2.19. The van der Waals surface area contributed by atoms with Gasteiger partial charge >= 0.3 is 0 Å². The molecule has 2 aromatic carbocycles. The molecule has 0 aliphatic carbocycles. The Bertz CT molecular complexity index is 644. The van der Waals surface area contributed by atoms with E-state index in [1.54, 1.807) is 0 Å². The van der Waals surface area contributed by atoms with E-state index < -0.39 is 28.9 Å². The molecule has 0 unspecified atom stereocenters. The van der Waals surface area contributed by atoms with Gasteiger partial charge in [-0.2, -0.15) is 0 Å². The van der Waals surface area contributed by atoms with Gasteiger partial charge < -0.3 is 10.4 Å². The van der Waals surface area contributed by atoms with Crippen LogP contribution in [-0.4, -0.2) is 11.0 Å². The van der Waals surface area contributed by atoms with E-state index in [0.717, 1.165) is 6.07 Å². The third kappa shape index (κ3) is 2.52. The lowest BCUT2D eigenvalue weighted by Crippen LogP contribution is -2.15. The van der Waals surface area contributed by atoms with Gasteiger partial charge in [0, 0.05) is 0 Å². The van der Waals surface area contributed by atoms with E-state index in [2.05, 4.69) is 5.32 Å². The predicted molar refractivity (Wildman–Crippen MR) is 62.4 cm³/mol. The number of para-hydroxylation sites is 2. The first kappa shape index (κ1) is 12.9. The van der Waals surface area contributed by atoms with Gasteiger partial charge in [-0.25, -0.2) is 13.2 Å². The molecule has 2 N–H and O–H groups in total. The van der Waals surface area contributed by atoms with Crippen molar-refractivity contribution in [3.63, 3.8) is 0 Å². The van der Waals surface area contributed by atoms with Crippen LogP contribution in [0.3, 0.4) is 0 Å². The number of aromatic hydroxyl groups is 1. The van der Waals surface area contributed by atoms with Crippen LogP contribution in [0.15, 0.2) is 36.4 Å². The summed E-state index contributed by atoms with van der Waals surface area (Å²) in [5.74, 6) is -5.88. The van der Waals surface area contributed by atoms with Crippen molar-refractivity contribution in [1.29, 1.82) is 0 Å². The average molecular weight is 267 g/mol. The number of phenols is 1. The fraction of sp³-hybridized carbons (Fsp3) is 0. The Hall–Kier alpha value is -2.50. The molecule has 3 nitrogen and oxygen atoms in total. The Balaban J connectivity index is 2.31. The van der Waals surface area contributed by atoms with Crippen LogP contribution in [0.1, 0.15) is 10.4 Å². The SMILES string of the molecule is O=C(Nc1ccccc1O)c1ccc(F)c(F)c1F. The standard InChI is InChI=1S/C13H8F3NO2/c14-8-6-5-7(11(15)12(8)16)13(19)17-9-3-1-2-4-10(9)18/h1-6,18H,(H,17,19). The van der Waals surface area contributed by atoms with Crippen molar-refractivity contribution in [3.05, 3.63) is 59.4 Å². The highest BCUT2D eigenvalue weighted by atomic mass is 19.2. The van der Waals surface area contributed by atoms with Gasteiger partial charge in [0.05, 0.1) is 11.3 Å². The zero-order chi connectivity index (χ0) is 14.0.